The standard InChI is InChI=1S/C16H13NO4/c1-2-8-21-16(20)12-9-17-7-6-13(18)10-4-3-5-11(14(10)17)15(12)19/h2-5,9H,1,6-8H2. The molecule has 5 nitrogen and oxygen atoms in total. The molecule has 0 fully saturated rings. The number of Topliss-reactive ketones (excluding diaryl/α,β-unsaturated/α-hetero) is 1. The van der Waals surface area contributed by atoms with E-state index in [-0.39, 0.29) is 18.0 Å². The fourth-order valence-electron chi connectivity index (χ4n) is 2.58. The second-order valence-electron chi connectivity index (χ2n) is 4.83. The van der Waals surface area contributed by atoms with Crippen molar-refractivity contribution in [3.05, 3.63) is 58.4 Å². The molecule has 0 bridgehead atoms. The average Bonchev–Trinajstić information content (AvgIpc) is 2.50. The van der Waals surface area contributed by atoms with E-state index < -0.39 is 11.4 Å². The minimum Gasteiger partial charge on any atom is -0.458 e. The summed E-state index contributed by atoms with van der Waals surface area (Å²) in [5.74, 6) is -0.658. The predicted molar refractivity (Wildman–Crippen MR) is 77.6 cm³/mol. The molecule has 1 aliphatic heterocycles. The largest absolute Gasteiger partial charge is 0.458 e. The van der Waals surface area contributed by atoms with Crippen LogP contribution in [0.25, 0.3) is 10.9 Å². The highest BCUT2D eigenvalue weighted by molar-refractivity contribution is 6.08. The van der Waals surface area contributed by atoms with Crippen molar-refractivity contribution in [2.75, 3.05) is 6.61 Å². The number of carbonyl (C=O) groups excluding carboxylic acids is 2. The summed E-state index contributed by atoms with van der Waals surface area (Å²) in [4.78, 5) is 36.3. The van der Waals surface area contributed by atoms with E-state index in [0.29, 0.717) is 29.4 Å². The van der Waals surface area contributed by atoms with Gasteiger partial charge in [-0.3, -0.25) is 9.59 Å². The Kier molecular flexibility index (Phi) is 3.17. The number of ketones is 1. The zero-order valence-electron chi connectivity index (χ0n) is 11.3. The minimum absolute atomic E-state index is 0.0157. The summed E-state index contributed by atoms with van der Waals surface area (Å²) in [6.45, 7) is 3.97. The van der Waals surface area contributed by atoms with Crippen LogP contribution in [0, 0.1) is 0 Å². The third-order valence-corrected chi connectivity index (χ3v) is 3.53. The third kappa shape index (κ3) is 2.07. The van der Waals surface area contributed by atoms with Crippen molar-refractivity contribution >= 4 is 22.7 Å². The van der Waals surface area contributed by atoms with E-state index in [0.717, 1.165) is 0 Å². The molecule has 1 aromatic heterocycles. The van der Waals surface area contributed by atoms with Gasteiger partial charge in [-0.05, 0) is 12.1 Å². The van der Waals surface area contributed by atoms with Gasteiger partial charge in [0.1, 0.15) is 12.2 Å². The van der Waals surface area contributed by atoms with Gasteiger partial charge in [-0.2, -0.15) is 0 Å². The van der Waals surface area contributed by atoms with Crippen LogP contribution in [0.3, 0.4) is 0 Å². The number of rotatable bonds is 3. The summed E-state index contributed by atoms with van der Waals surface area (Å²) in [5.41, 5.74) is 0.698. The lowest BCUT2D eigenvalue weighted by atomic mass is 9.99. The molecule has 0 saturated carbocycles. The number of hydrogen-bond donors (Lipinski definition) is 0. The van der Waals surface area contributed by atoms with E-state index >= 15 is 0 Å². The van der Waals surface area contributed by atoms with Gasteiger partial charge in [0.2, 0.25) is 5.43 Å². The highest BCUT2D eigenvalue weighted by atomic mass is 16.5. The van der Waals surface area contributed by atoms with Crippen molar-refractivity contribution in [3.63, 3.8) is 0 Å². The van der Waals surface area contributed by atoms with E-state index in [1.54, 1.807) is 22.8 Å². The maximum atomic E-state index is 12.4. The van der Waals surface area contributed by atoms with Crippen molar-refractivity contribution in [3.8, 4) is 0 Å². The van der Waals surface area contributed by atoms with E-state index in [9.17, 15) is 14.4 Å². The van der Waals surface area contributed by atoms with Gasteiger partial charge >= 0.3 is 5.97 Å². The van der Waals surface area contributed by atoms with E-state index in [1.807, 2.05) is 0 Å². The number of aryl methyl sites for hydroxylation is 1. The maximum Gasteiger partial charge on any atom is 0.343 e. The fourth-order valence-corrected chi connectivity index (χ4v) is 2.58. The number of esters is 1. The molecule has 1 aromatic carbocycles. The van der Waals surface area contributed by atoms with Crippen LogP contribution in [-0.4, -0.2) is 22.9 Å². The quantitative estimate of drug-likeness (QED) is 0.637. The fraction of sp³-hybridized carbons (Fsp3) is 0.188. The van der Waals surface area contributed by atoms with Crippen LogP contribution in [0.2, 0.25) is 0 Å². The second-order valence-corrected chi connectivity index (χ2v) is 4.83. The SMILES string of the molecule is C=CCOC(=O)c1cn2c3c(cccc3c1=O)C(=O)CC2. The van der Waals surface area contributed by atoms with E-state index in [4.69, 9.17) is 4.74 Å². The first kappa shape index (κ1) is 13.3. The summed E-state index contributed by atoms with van der Waals surface area (Å²) < 4.78 is 6.71. The molecular weight excluding hydrogens is 270 g/mol. The van der Waals surface area contributed by atoms with Crippen molar-refractivity contribution in [1.82, 2.24) is 4.57 Å². The molecule has 0 saturated heterocycles. The van der Waals surface area contributed by atoms with Crippen LogP contribution in [0.1, 0.15) is 27.1 Å². The number of nitrogens with zero attached hydrogens (tertiary/aromatic N) is 1. The molecule has 2 aromatic rings. The van der Waals surface area contributed by atoms with Gasteiger partial charge < -0.3 is 9.30 Å². The smallest absolute Gasteiger partial charge is 0.343 e. The molecule has 0 spiro atoms. The Labute approximate surface area is 120 Å². The molecule has 0 unspecified atom stereocenters. The first-order chi connectivity index (χ1) is 10.1. The van der Waals surface area contributed by atoms with Crippen molar-refractivity contribution in [2.24, 2.45) is 0 Å². The second kappa shape index (κ2) is 5.01. The zero-order valence-corrected chi connectivity index (χ0v) is 11.3. The first-order valence-electron chi connectivity index (χ1n) is 6.61. The summed E-state index contributed by atoms with van der Waals surface area (Å²) in [6, 6.07) is 4.99. The summed E-state index contributed by atoms with van der Waals surface area (Å²) in [5, 5.41) is 0.369. The minimum atomic E-state index is -0.673. The van der Waals surface area contributed by atoms with Gasteiger partial charge in [0.05, 0.1) is 5.52 Å². The van der Waals surface area contributed by atoms with Crippen molar-refractivity contribution in [1.29, 1.82) is 0 Å². The molecule has 21 heavy (non-hydrogen) atoms. The van der Waals surface area contributed by atoms with Gasteiger partial charge in [-0.15, -0.1) is 0 Å². The van der Waals surface area contributed by atoms with Gasteiger partial charge in [0, 0.05) is 30.1 Å². The molecule has 1 aliphatic rings. The van der Waals surface area contributed by atoms with Crippen LogP contribution in [-0.2, 0) is 11.3 Å². The van der Waals surface area contributed by atoms with Gasteiger partial charge in [-0.1, -0.05) is 18.7 Å². The Morgan fingerprint density at radius 1 is 1.38 bits per heavy atom. The van der Waals surface area contributed by atoms with E-state index in [1.165, 1.54) is 12.3 Å². The number of pyridine rings is 1. The zero-order chi connectivity index (χ0) is 15.0. The first-order valence-corrected chi connectivity index (χ1v) is 6.61. The van der Waals surface area contributed by atoms with Crippen LogP contribution >= 0.6 is 0 Å². The van der Waals surface area contributed by atoms with Crippen LogP contribution in [0.15, 0.2) is 41.8 Å². The van der Waals surface area contributed by atoms with Crippen LogP contribution in [0.4, 0.5) is 0 Å². The van der Waals surface area contributed by atoms with Crippen molar-refractivity contribution in [2.45, 2.75) is 13.0 Å². The molecule has 0 amide bonds. The lowest BCUT2D eigenvalue weighted by Gasteiger charge is -2.19. The molecule has 0 aliphatic carbocycles. The Balaban J connectivity index is 2.25. The molecule has 0 N–H and O–H groups in total. The Hall–Kier alpha value is -2.69. The molecule has 106 valence electrons. The molecule has 3 rings (SSSR count). The monoisotopic (exact) mass is 283 g/mol. The van der Waals surface area contributed by atoms with Crippen molar-refractivity contribution < 1.29 is 14.3 Å². The number of ether oxygens (including phenoxy) is 1. The van der Waals surface area contributed by atoms with Gasteiger partial charge in [0.15, 0.2) is 5.78 Å². The Morgan fingerprint density at radius 3 is 2.95 bits per heavy atom. The highest BCUT2D eigenvalue weighted by Crippen LogP contribution is 2.23. The Morgan fingerprint density at radius 2 is 2.19 bits per heavy atom. The summed E-state index contributed by atoms with van der Waals surface area (Å²) in [6.07, 6.45) is 3.28. The number of aromatic nitrogens is 1. The third-order valence-electron chi connectivity index (χ3n) is 3.53. The predicted octanol–water partition coefficient (Wildman–Crippen LogP) is 1.93. The number of carbonyl (C=O) groups is 2. The number of para-hydroxylation sites is 1. The van der Waals surface area contributed by atoms with Gasteiger partial charge in [-0.25, -0.2) is 4.79 Å². The van der Waals surface area contributed by atoms with E-state index in [2.05, 4.69) is 6.58 Å². The Bertz CT molecular complexity index is 832. The van der Waals surface area contributed by atoms with Gasteiger partial charge in [0.25, 0.3) is 0 Å². The summed E-state index contributed by atoms with van der Waals surface area (Å²) in [7, 11) is 0. The summed E-state index contributed by atoms with van der Waals surface area (Å²) >= 11 is 0. The number of hydrogen-bond acceptors (Lipinski definition) is 4. The molecule has 0 radical (unpaired) electrons. The normalized spacial score (nSPS) is 13.2. The molecule has 0 atom stereocenters. The lowest BCUT2D eigenvalue weighted by Crippen LogP contribution is -2.25. The topological polar surface area (TPSA) is 65.4 Å². The molecule has 2 heterocycles. The lowest BCUT2D eigenvalue weighted by molar-refractivity contribution is 0.0547. The molecular formula is C16H13NO4. The maximum absolute atomic E-state index is 12.4. The average molecular weight is 283 g/mol. The van der Waals surface area contributed by atoms with Crippen LogP contribution in [0.5, 0.6) is 0 Å². The molecule has 5 heteroatoms. The number of benzene rings is 1. The highest BCUT2D eigenvalue weighted by Gasteiger charge is 2.23. The van der Waals surface area contributed by atoms with Crippen LogP contribution < -0.4 is 5.43 Å².